The van der Waals surface area contributed by atoms with Gasteiger partial charge in [-0.25, -0.2) is 0 Å². The van der Waals surface area contributed by atoms with E-state index in [1.807, 2.05) is 12.4 Å². The maximum absolute atomic E-state index is 4.63. The van der Waals surface area contributed by atoms with Crippen LogP contribution in [0.5, 0.6) is 0 Å². The van der Waals surface area contributed by atoms with Crippen LogP contribution in [0.25, 0.3) is 93.2 Å². The Kier molecular flexibility index (Phi) is 6.04. The second-order valence-electron chi connectivity index (χ2n) is 14.7. The zero-order valence-corrected chi connectivity index (χ0v) is 29.1. The van der Waals surface area contributed by atoms with E-state index in [0.717, 1.165) is 16.6 Å². The van der Waals surface area contributed by atoms with Gasteiger partial charge >= 0.3 is 0 Å². The maximum Gasteiger partial charge on any atom is 0.0620 e. The van der Waals surface area contributed by atoms with Crippen LogP contribution in [0.4, 0.5) is 0 Å². The van der Waals surface area contributed by atoms with Gasteiger partial charge in [0.1, 0.15) is 0 Å². The van der Waals surface area contributed by atoms with Crippen molar-refractivity contribution in [2.75, 3.05) is 0 Å². The van der Waals surface area contributed by atoms with Crippen molar-refractivity contribution in [2.24, 2.45) is 0 Å². The molecule has 0 radical (unpaired) electrons. The molecule has 2 nitrogen and oxygen atoms in total. The summed E-state index contributed by atoms with van der Waals surface area (Å²) in [7, 11) is 0. The predicted molar refractivity (Wildman–Crippen MR) is 220 cm³/mol. The third kappa shape index (κ3) is 3.92. The minimum absolute atomic E-state index is 0.0738. The molecule has 0 spiro atoms. The van der Waals surface area contributed by atoms with Crippen molar-refractivity contribution < 1.29 is 0 Å². The molecule has 244 valence electrons. The summed E-state index contributed by atoms with van der Waals surface area (Å²) in [6.07, 6.45) is 3.94. The van der Waals surface area contributed by atoms with Crippen molar-refractivity contribution in [1.29, 1.82) is 0 Å². The fourth-order valence-electron chi connectivity index (χ4n) is 9.36. The van der Waals surface area contributed by atoms with Crippen LogP contribution in [0, 0.1) is 0 Å². The van der Waals surface area contributed by atoms with Crippen LogP contribution in [0.1, 0.15) is 25.0 Å². The lowest BCUT2D eigenvalue weighted by molar-refractivity contribution is 0.660. The minimum atomic E-state index is -0.0738. The van der Waals surface area contributed by atoms with E-state index in [1.54, 1.807) is 0 Å². The third-order valence-electron chi connectivity index (χ3n) is 11.7. The number of nitrogens with zero attached hydrogens (tertiary/aromatic N) is 2. The Morgan fingerprint density at radius 2 is 1.04 bits per heavy atom. The lowest BCUT2D eigenvalue weighted by Gasteiger charge is -2.23. The van der Waals surface area contributed by atoms with Gasteiger partial charge in [0.2, 0.25) is 0 Å². The molecular formula is C50H34N2. The molecule has 2 heterocycles. The summed E-state index contributed by atoms with van der Waals surface area (Å²) in [6, 6.07) is 58.3. The number of benzene rings is 8. The standard InChI is InChI=1S/C50H34N2/c1-50(2)44-23-13-12-17-34(44)35-25-24-31(28-45(35)50)47-36-18-7-9-20-38(36)48(39-21-10-8-19-37(39)47)41-29-42-43-30-51-27-26-46(43)52(32-14-4-3-5-15-32)49(42)40-22-11-6-16-33(40)41/h3-30H,1-2H3. The van der Waals surface area contributed by atoms with Gasteiger partial charge in [0, 0.05) is 39.7 Å². The molecule has 10 aromatic rings. The number of fused-ring (bicyclic) bond motifs is 10. The molecule has 1 aliphatic rings. The van der Waals surface area contributed by atoms with Crippen LogP contribution >= 0.6 is 0 Å². The van der Waals surface area contributed by atoms with E-state index < -0.39 is 0 Å². The Balaban J connectivity index is 1.25. The summed E-state index contributed by atoms with van der Waals surface area (Å²) < 4.78 is 2.41. The largest absolute Gasteiger partial charge is 0.309 e. The molecule has 8 aromatic carbocycles. The molecule has 11 rings (SSSR count). The lowest BCUT2D eigenvalue weighted by atomic mass is 9.80. The minimum Gasteiger partial charge on any atom is -0.309 e. The van der Waals surface area contributed by atoms with Gasteiger partial charge in [-0.15, -0.1) is 0 Å². The van der Waals surface area contributed by atoms with Crippen LogP contribution in [-0.2, 0) is 5.41 Å². The number of pyridine rings is 1. The van der Waals surface area contributed by atoms with E-state index in [4.69, 9.17) is 0 Å². The molecule has 52 heavy (non-hydrogen) atoms. The van der Waals surface area contributed by atoms with Crippen molar-refractivity contribution in [1.82, 2.24) is 9.55 Å². The van der Waals surface area contributed by atoms with Gasteiger partial charge in [-0.3, -0.25) is 4.98 Å². The van der Waals surface area contributed by atoms with Gasteiger partial charge in [0.15, 0.2) is 0 Å². The first-order valence-electron chi connectivity index (χ1n) is 18.1. The zero-order chi connectivity index (χ0) is 34.6. The first-order chi connectivity index (χ1) is 25.6. The molecule has 0 saturated heterocycles. The first kappa shape index (κ1) is 29.2. The van der Waals surface area contributed by atoms with Gasteiger partial charge in [-0.05, 0) is 102 Å². The summed E-state index contributed by atoms with van der Waals surface area (Å²) in [5.74, 6) is 0. The smallest absolute Gasteiger partial charge is 0.0620 e. The SMILES string of the molecule is CC1(C)c2ccccc2-c2ccc(-c3c4ccccc4c(-c4cc5c6cnccc6n(-c6ccccc6)c5c5ccccc45)c4ccccc34)cc21. The van der Waals surface area contributed by atoms with Gasteiger partial charge < -0.3 is 4.57 Å². The predicted octanol–water partition coefficient (Wildman–Crippen LogP) is 13.3. The molecule has 2 heteroatoms. The summed E-state index contributed by atoms with van der Waals surface area (Å²) in [4.78, 5) is 4.63. The number of hydrogen-bond donors (Lipinski definition) is 0. The van der Waals surface area contributed by atoms with Crippen LogP contribution in [0.2, 0.25) is 0 Å². The molecule has 0 unspecified atom stereocenters. The molecule has 0 atom stereocenters. The van der Waals surface area contributed by atoms with E-state index >= 15 is 0 Å². The Morgan fingerprint density at radius 3 is 1.77 bits per heavy atom. The normalized spacial score (nSPS) is 13.3. The molecule has 0 aliphatic heterocycles. The van der Waals surface area contributed by atoms with Crippen molar-refractivity contribution in [2.45, 2.75) is 19.3 Å². The maximum atomic E-state index is 4.63. The second-order valence-corrected chi connectivity index (χ2v) is 14.7. The molecule has 0 bridgehead atoms. The van der Waals surface area contributed by atoms with Crippen molar-refractivity contribution in [3.05, 3.63) is 181 Å². The topological polar surface area (TPSA) is 17.8 Å². The highest BCUT2D eigenvalue weighted by atomic mass is 15.0. The van der Waals surface area contributed by atoms with Crippen molar-refractivity contribution >= 4 is 54.1 Å². The fourth-order valence-corrected chi connectivity index (χ4v) is 9.36. The number of para-hydroxylation sites is 1. The monoisotopic (exact) mass is 662 g/mol. The van der Waals surface area contributed by atoms with Crippen LogP contribution < -0.4 is 0 Å². The first-order valence-corrected chi connectivity index (χ1v) is 18.1. The van der Waals surface area contributed by atoms with E-state index in [-0.39, 0.29) is 5.41 Å². The lowest BCUT2D eigenvalue weighted by Crippen LogP contribution is -2.14. The summed E-state index contributed by atoms with van der Waals surface area (Å²) in [5.41, 5.74) is 14.0. The van der Waals surface area contributed by atoms with Gasteiger partial charge in [0.25, 0.3) is 0 Å². The Labute approximate surface area is 302 Å². The summed E-state index contributed by atoms with van der Waals surface area (Å²) in [6.45, 7) is 4.73. The van der Waals surface area contributed by atoms with Crippen LogP contribution in [0.3, 0.4) is 0 Å². The number of rotatable bonds is 3. The zero-order valence-electron chi connectivity index (χ0n) is 29.1. The van der Waals surface area contributed by atoms with Gasteiger partial charge in [-0.2, -0.15) is 0 Å². The van der Waals surface area contributed by atoms with Crippen LogP contribution in [0.15, 0.2) is 170 Å². The molecule has 0 N–H and O–H groups in total. The van der Waals surface area contributed by atoms with Gasteiger partial charge in [0.05, 0.1) is 11.0 Å². The quantitative estimate of drug-likeness (QED) is 0.172. The Hall–Kier alpha value is -6.51. The van der Waals surface area contributed by atoms with E-state index in [9.17, 15) is 0 Å². The molecule has 1 aliphatic carbocycles. The third-order valence-corrected chi connectivity index (χ3v) is 11.7. The second kappa shape index (κ2) is 10.7. The molecule has 0 saturated carbocycles. The highest BCUT2D eigenvalue weighted by Crippen LogP contribution is 2.52. The summed E-state index contributed by atoms with van der Waals surface area (Å²) in [5, 5.41) is 9.88. The average molecular weight is 663 g/mol. The fraction of sp³-hybridized carbons (Fsp3) is 0.0600. The average Bonchev–Trinajstić information content (AvgIpc) is 3.65. The van der Waals surface area contributed by atoms with E-state index in [2.05, 4.69) is 181 Å². The molecule has 2 aromatic heterocycles. The molecular weight excluding hydrogens is 629 g/mol. The van der Waals surface area contributed by atoms with Crippen molar-refractivity contribution in [3.63, 3.8) is 0 Å². The highest BCUT2D eigenvalue weighted by Gasteiger charge is 2.35. The van der Waals surface area contributed by atoms with Gasteiger partial charge in [-0.1, -0.05) is 141 Å². The number of aromatic nitrogens is 2. The van der Waals surface area contributed by atoms with E-state index in [1.165, 1.54) is 87.7 Å². The Morgan fingerprint density at radius 1 is 0.442 bits per heavy atom. The number of hydrogen-bond acceptors (Lipinski definition) is 1. The van der Waals surface area contributed by atoms with E-state index in [0.29, 0.717) is 0 Å². The summed E-state index contributed by atoms with van der Waals surface area (Å²) >= 11 is 0. The molecule has 0 fully saturated rings. The van der Waals surface area contributed by atoms with Crippen LogP contribution in [-0.4, -0.2) is 9.55 Å². The highest BCUT2D eigenvalue weighted by molar-refractivity contribution is 6.28. The molecule has 0 amide bonds. The van der Waals surface area contributed by atoms with Crippen molar-refractivity contribution in [3.8, 4) is 39.1 Å². The Bertz CT molecular complexity index is 3030.